The second-order valence-corrected chi connectivity index (χ2v) is 3.14. The van der Waals surface area contributed by atoms with Crippen LogP contribution in [0.4, 0.5) is 0 Å². The fourth-order valence-corrected chi connectivity index (χ4v) is 1.68. The quantitative estimate of drug-likeness (QED) is 0.612. The van der Waals surface area contributed by atoms with Gasteiger partial charge in [0.1, 0.15) is 12.2 Å². The molecule has 2 atom stereocenters. The third kappa shape index (κ3) is 1.26. The molecule has 0 amide bonds. The molecule has 1 aromatic heterocycles. The molecule has 1 aromatic rings. The molecule has 0 unspecified atom stereocenters. The molecule has 1 aliphatic rings. The SMILES string of the molecule is N[C@@H]1CC[C@H](c2ncn[nH]2)C1. The van der Waals surface area contributed by atoms with Gasteiger partial charge in [0.05, 0.1) is 0 Å². The highest BCUT2D eigenvalue weighted by molar-refractivity contribution is 4.98. The van der Waals surface area contributed by atoms with Crippen molar-refractivity contribution in [1.82, 2.24) is 15.2 Å². The van der Waals surface area contributed by atoms with Crippen molar-refractivity contribution in [3.8, 4) is 0 Å². The van der Waals surface area contributed by atoms with Crippen molar-refractivity contribution < 1.29 is 0 Å². The number of nitrogens with two attached hydrogens (primary N) is 1. The summed E-state index contributed by atoms with van der Waals surface area (Å²) in [4.78, 5) is 4.11. The van der Waals surface area contributed by atoms with Crippen LogP contribution in [-0.2, 0) is 0 Å². The van der Waals surface area contributed by atoms with Gasteiger partial charge in [-0.05, 0) is 19.3 Å². The molecular weight excluding hydrogens is 140 g/mol. The maximum Gasteiger partial charge on any atom is 0.137 e. The molecule has 4 heteroatoms. The van der Waals surface area contributed by atoms with Gasteiger partial charge in [0.15, 0.2) is 0 Å². The van der Waals surface area contributed by atoms with Gasteiger partial charge in [0.25, 0.3) is 0 Å². The van der Waals surface area contributed by atoms with Crippen LogP contribution >= 0.6 is 0 Å². The number of rotatable bonds is 1. The van der Waals surface area contributed by atoms with Crippen LogP contribution in [0.15, 0.2) is 6.33 Å². The second-order valence-electron chi connectivity index (χ2n) is 3.14. The van der Waals surface area contributed by atoms with Crippen LogP contribution in [0.3, 0.4) is 0 Å². The van der Waals surface area contributed by atoms with Gasteiger partial charge in [0.2, 0.25) is 0 Å². The molecule has 60 valence electrons. The Hall–Kier alpha value is -0.900. The summed E-state index contributed by atoms with van der Waals surface area (Å²) in [5.74, 6) is 1.52. The maximum atomic E-state index is 5.77. The van der Waals surface area contributed by atoms with Gasteiger partial charge in [-0.3, -0.25) is 5.10 Å². The third-order valence-corrected chi connectivity index (χ3v) is 2.29. The van der Waals surface area contributed by atoms with Crippen LogP contribution < -0.4 is 5.73 Å². The van der Waals surface area contributed by atoms with Crippen LogP contribution in [0.5, 0.6) is 0 Å². The smallest absolute Gasteiger partial charge is 0.137 e. The van der Waals surface area contributed by atoms with Gasteiger partial charge in [-0.2, -0.15) is 5.10 Å². The Morgan fingerprint density at radius 1 is 1.55 bits per heavy atom. The molecule has 11 heavy (non-hydrogen) atoms. The zero-order chi connectivity index (χ0) is 7.68. The maximum absolute atomic E-state index is 5.77. The van der Waals surface area contributed by atoms with E-state index in [1.165, 1.54) is 0 Å². The van der Waals surface area contributed by atoms with Gasteiger partial charge in [-0.25, -0.2) is 4.98 Å². The Bertz CT molecular complexity index is 218. The monoisotopic (exact) mass is 152 g/mol. The molecule has 4 nitrogen and oxygen atoms in total. The number of aromatic nitrogens is 3. The predicted molar refractivity (Wildman–Crippen MR) is 41.0 cm³/mol. The molecule has 3 N–H and O–H groups in total. The van der Waals surface area contributed by atoms with Gasteiger partial charge in [-0.15, -0.1) is 0 Å². The molecule has 0 spiro atoms. The molecule has 0 radical (unpaired) electrons. The van der Waals surface area contributed by atoms with E-state index in [0.29, 0.717) is 12.0 Å². The summed E-state index contributed by atoms with van der Waals surface area (Å²) < 4.78 is 0. The molecular formula is C7H12N4. The van der Waals surface area contributed by atoms with E-state index in [9.17, 15) is 0 Å². The predicted octanol–water partition coefficient (Wildman–Crippen LogP) is 0.399. The summed E-state index contributed by atoms with van der Waals surface area (Å²) in [6, 6.07) is 0.366. The highest BCUT2D eigenvalue weighted by Gasteiger charge is 2.24. The number of nitrogens with zero attached hydrogens (tertiary/aromatic N) is 2. The van der Waals surface area contributed by atoms with E-state index in [2.05, 4.69) is 15.2 Å². The lowest BCUT2D eigenvalue weighted by atomic mass is 10.1. The van der Waals surface area contributed by atoms with Crippen molar-refractivity contribution in [1.29, 1.82) is 0 Å². The van der Waals surface area contributed by atoms with E-state index in [1.807, 2.05) is 0 Å². The van der Waals surface area contributed by atoms with Crippen molar-refractivity contribution in [3.05, 3.63) is 12.2 Å². The number of hydrogen-bond acceptors (Lipinski definition) is 3. The molecule has 0 aliphatic heterocycles. The molecule has 0 saturated heterocycles. The van der Waals surface area contributed by atoms with Gasteiger partial charge >= 0.3 is 0 Å². The first-order chi connectivity index (χ1) is 5.36. The van der Waals surface area contributed by atoms with E-state index in [1.54, 1.807) is 6.33 Å². The first-order valence-electron chi connectivity index (χ1n) is 3.97. The average molecular weight is 152 g/mol. The summed E-state index contributed by atoms with van der Waals surface area (Å²) >= 11 is 0. The van der Waals surface area contributed by atoms with Crippen LogP contribution in [0.1, 0.15) is 31.0 Å². The normalized spacial score (nSPS) is 31.0. The Morgan fingerprint density at radius 2 is 2.45 bits per heavy atom. The summed E-state index contributed by atoms with van der Waals surface area (Å²) in [6.07, 6.45) is 4.87. The zero-order valence-corrected chi connectivity index (χ0v) is 6.33. The van der Waals surface area contributed by atoms with Crippen molar-refractivity contribution in [3.63, 3.8) is 0 Å². The molecule has 0 bridgehead atoms. The highest BCUT2D eigenvalue weighted by atomic mass is 15.2. The van der Waals surface area contributed by atoms with Crippen LogP contribution in [0.25, 0.3) is 0 Å². The van der Waals surface area contributed by atoms with Crippen molar-refractivity contribution >= 4 is 0 Å². The van der Waals surface area contributed by atoms with Gasteiger partial charge in [0, 0.05) is 12.0 Å². The van der Waals surface area contributed by atoms with Crippen molar-refractivity contribution in [2.24, 2.45) is 5.73 Å². The van der Waals surface area contributed by atoms with Crippen molar-refractivity contribution in [2.45, 2.75) is 31.2 Å². The lowest BCUT2D eigenvalue weighted by molar-refractivity contribution is 0.645. The largest absolute Gasteiger partial charge is 0.328 e. The molecule has 1 aliphatic carbocycles. The number of aromatic amines is 1. The highest BCUT2D eigenvalue weighted by Crippen LogP contribution is 2.30. The first kappa shape index (κ1) is 6.79. The summed E-state index contributed by atoms with van der Waals surface area (Å²) in [7, 11) is 0. The summed E-state index contributed by atoms with van der Waals surface area (Å²) in [6.45, 7) is 0. The van der Waals surface area contributed by atoms with Crippen LogP contribution in [0, 0.1) is 0 Å². The molecule has 1 saturated carbocycles. The van der Waals surface area contributed by atoms with E-state index in [-0.39, 0.29) is 0 Å². The topological polar surface area (TPSA) is 67.6 Å². The number of hydrogen-bond donors (Lipinski definition) is 2. The standard InChI is InChI=1S/C7H12N4/c8-6-2-1-5(3-6)7-9-4-10-11-7/h4-6H,1-3,8H2,(H,9,10,11)/t5-,6+/m0/s1. The number of nitrogens with one attached hydrogen (secondary N) is 1. The Kier molecular flexibility index (Phi) is 1.62. The summed E-state index contributed by atoms with van der Waals surface area (Å²) in [5.41, 5.74) is 5.77. The lowest BCUT2D eigenvalue weighted by Crippen LogP contribution is -2.14. The number of H-pyrrole nitrogens is 1. The average Bonchev–Trinajstić information content (AvgIpc) is 2.55. The molecule has 1 heterocycles. The Balaban J connectivity index is 2.08. The fourth-order valence-electron chi connectivity index (χ4n) is 1.68. The minimum absolute atomic E-state index is 0.366. The van der Waals surface area contributed by atoms with Gasteiger partial charge < -0.3 is 5.73 Å². The molecule has 0 aromatic carbocycles. The molecule has 2 rings (SSSR count). The van der Waals surface area contributed by atoms with E-state index in [0.717, 1.165) is 25.1 Å². The van der Waals surface area contributed by atoms with Gasteiger partial charge in [-0.1, -0.05) is 0 Å². The minimum Gasteiger partial charge on any atom is -0.328 e. The Morgan fingerprint density at radius 3 is 3.00 bits per heavy atom. The lowest BCUT2D eigenvalue weighted by Gasteiger charge is -2.03. The fraction of sp³-hybridized carbons (Fsp3) is 0.714. The Labute approximate surface area is 65.2 Å². The first-order valence-corrected chi connectivity index (χ1v) is 3.97. The molecule has 1 fully saturated rings. The van der Waals surface area contributed by atoms with E-state index < -0.39 is 0 Å². The van der Waals surface area contributed by atoms with E-state index >= 15 is 0 Å². The third-order valence-electron chi connectivity index (χ3n) is 2.29. The minimum atomic E-state index is 0.366. The summed E-state index contributed by atoms with van der Waals surface area (Å²) in [5, 5.41) is 6.70. The van der Waals surface area contributed by atoms with E-state index in [4.69, 9.17) is 5.73 Å². The van der Waals surface area contributed by atoms with Crippen molar-refractivity contribution in [2.75, 3.05) is 0 Å². The van der Waals surface area contributed by atoms with Crippen LogP contribution in [-0.4, -0.2) is 21.2 Å². The zero-order valence-electron chi connectivity index (χ0n) is 6.33. The second kappa shape index (κ2) is 2.62. The van der Waals surface area contributed by atoms with Crippen LogP contribution in [0.2, 0.25) is 0 Å².